The van der Waals surface area contributed by atoms with Crippen LogP contribution in [0.25, 0.3) is 0 Å². The first-order valence-corrected chi connectivity index (χ1v) is 5.45. The summed E-state index contributed by atoms with van der Waals surface area (Å²) in [6, 6.07) is 5.02. The van der Waals surface area contributed by atoms with E-state index in [2.05, 4.69) is 0 Å². The highest BCUT2D eigenvalue weighted by Crippen LogP contribution is 2.20. The lowest BCUT2D eigenvalue weighted by molar-refractivity contribution is 0.0661. The molecule has 0 aliphatic heterocycles. The smallest absolute Gasteiger partial charge is 0.372 e. The van der Waals surface area contributed by atoms with Crippen molar-refractivity contribution in [2.24, 2.45) is 0 Å². The second kappa shape index (κ2) is 5.09. The molecule has 4 nitrogen and oxygen atoms in total. The van der Waals surface area contributed by atoms with E-state index >= 15 is 0 Å². The van der Waals surface area contributed by atoms with E-state index in [4.69, 9.17) is 9.52 Å². The zero-order chi connectivity index (χ0) is 14.0. The molecule has 0 unspecified atom stereocenters. The molecule has 1 aromatic heterocycles. The van der Waals surface area contributed by atoms with Crippen molar-refractivity contribution < 1.29 is 23.1 Å². The van der Waals surface area contributed by atoms with Crippen molar-refractivity contribution in [1.29, 1.82) is 0 Å². The van der Waals surface area contributed by atoms with E-state index in [9.17, 15) is 13.6 Å². The van der Waals surface area contributed by atoms with Gasteiger partial charge in [0.05, 0.1) is 6.26 Å². The van der Waals surface area contributed by atoms with Gasteiger partial charge in [0.1, 0.15) is 0 Å². The Balaban J connectivity index is 2.20. The molecule has 0 aliphatic carbocycles. The van der Waals surface area contributed by atoms with Crippen molar-refractivity contribution in [1.82, 2.24) is 0 Å². The largest absolute Gasteiger partial charge is 0.475 e. The van der Waals surface area contributed by atoms with Gasteiger partial charge in [-0.15, -0.1) is 0 Å². The van der Waals surface area contributed by atoms with Crippen LogP contribution in [0.4, 0.5) is 14.5 Å². The molecule has 0 fully saturated rings. The molecule has 1 heterocycles. The van der Waals surface area contributed by atoms with Gasteiger partial charge in [-0.25, -0.2) is 13.6 Å². The molecule has 0 radical (unpaired) electrons. The lowest BCUT2D eigenvalue weighted by atomic mass is 10.2. The summed E-state index contributed by atoms with van der Waals surface area (Å²) in [6.45, 7) is 0.212. The van der Waals surface area contributed by atoms with E-state index in [-0.39, 0.29) is 12.3 Å². The monoisotopic (exact) mass is 267 g/mol. The Morgan fingerprint density at radius 3 is 2.68 bits per heavy atom. The van der Waals surface area contributed by atoms with Crippen molar-refractivity contribution in [2.75, 3.05) is 11.9 Å². The third-order valence-corrected chi connectivity index (χ3v) is 2.69. The molecular formula is C13H11F2NO3. The quantitative estimate of drug-likeness (QED) is 0.925. The predicted octanol–water partition coefficient (Wildman–Crippen LogP) is 2.89. The fourth-order valence-corrected chi connectivity index (χ4v) is 1.72. The molecular weight excluding hydrogens is 256 g/mol. The van der Waals surface area contributed by atoms with Crippen LogP contribution in [0.5, 0.6) is 0 Å². The molecule has 1 aromatic carbocycles. The number of nitrogens with zero attached hydrogens (tertiary/aromatic N) is 1. The summed E-state index contributed by atoms with van der Waals surface area (Å²) in [7, 11) is 1.64. The van der Waals surface area contributed by atoms with Crippen LogP contribution >= 0.6 is 0 Å². The van der Waals surface area contributed by atoms with Crippen LogP contribution in [-0.4, -0.2) is 18.1 Å². The zero-order valence-electron chi connectivity index (χ0n) is 10.1. The third kappa shape index (κ3) is 2.73. The first-order valence-electron chi connectivity index (χ1n) is 5.45. The number of halogens is 2. The van der Waals surface area contributed by atoms with Crippen LogP contribution in [0.3, 0.4) is 0 Å². The number of anilines is 1. The fourth-order valence-electron chi connectivity index (χ4n) is 1.72. The van der Waals surface area contributed by atoms with Gasteiger partial charge < -0.3 is 14.4 Å². The SMILES string of the molecule is CN(Cc1ccoc1C(=O)O)c1ccc(F)c(F)c1. The zero-order valence-corrected chi connectivity index (χ0v) is 10.1. The van der Waals surface area contributed by atoms with E-state index < -0.39 is 17.6 Å². The van der Waals surface area contributed by atoms with Crippen LogP contribution in [0, 0.1) is 11.6 Å². The van der Waals surface area contributed by atoms with Crippen molar-refractivity contribution >= 4 is 11.7 Å². The molecule has 1 N–H and O–H groups in total. The Labute approximate surface area is 107 Å². The van der Waals surface area contributed by atoms with E-state index in [1.165, 1.54) is 18.4 Å². The minimum atomic E-state index is -1.17. The molecule has 2 rings (SSSR count). The van der Waals surface area contributed by atoms with Crippen LogP contribution in [0.1, 0.15) is 16.1 Å². The molecule has 0 aliphatic rings. The van der Waals surface area contributed by atoms with Gasteiger partial charge in [0.15, 0.2) is 11.6 Å². The van der Waals surface area contributed by atoms with Crippen molar-refractivity contribution in [2.45, 2.75) is 6.54 Å². The van der Waals surface area contributed by atoms with Crippen molar-refractivity contribution in [3.63, 3.8) is 0 Å². The highest BCUT2D eigenvalue weighted by Gasteiger charge is 2.16. The third-order valence-electron chi connectivity index (χ3n) is 2.69. The van der Waals surface area contributed by atoms with Gasteiger partial charge in [-0.3, -0.25) is 0 Å². The van der Waals surface area contributed by atoms with Crippen molar-refractivity contribution in [3.8, 4) is 0 Å². The fraction of sp³-hybridized carbons (Fsp3) is 0.154. The molecule has 19 heavy (non-hydrogen) atoms. The molecule has 0 spiro atoms. The van der Waals surface area contributed by atoms with Gasteiger partial charge in [0.25, 0.3) is 0 Å². The average molecular weight is 267 g/mol. The highest BCUT2D eigenvalue weighted by molar-refractivity contribution is 5.86. The van der Waals surface area contributed by atoms with Gasteiger partial charge >= 0.3 is 5.97 Å². The Morgan fingerprint density at radius 1 is 1.32 bits per heavy atom. The number of benzene rings is 1. The average Bonchev–Trinajstić information content (AvgIpc) is 2.80. The maximum absolute atomic E-state index is 13.1. The minimum absolute atomic E-state index is 0.158. The number of carbonyl (C=O) groups is 1. The number of furan rings is 1. The Morgan fingerprint density at radius 2 is 2.05 bits per heavy atom. The second-order valence-electron chi connectivity index (χ2n) is 4.03. The first kappa shape index (κ1) is 13.1. The highest BCUT2D eigenvalue weighted by atomic mass is 19.2. The first-order chi connectivity index (χ1) is 8.99. The Bertz CT molecular complexity index is 610. The molecule has 100 valence electrons. The lowest BCUT2D eigenvalue weighted by Crippen LogP contribution is -2.18. The maximum atomic E-state index is 13.1. The summed E-state index contributed by atoms with van der Waals surface area (Å²) in [4.78, 5) is 12.5. The van der Waals surface area contributed by atoms with Gasteiger partial charge in [0, 0.05) is 30.9 Å². The topological polar surface area (TPSA) is 53.7 Å². The lowest BCUT2D eigenvalue weighted by Gasteiger charge is -2.18. The van der Waals surface area contributed by atoms with Crippen LogP contribution < -0.4 is 4.90 Å². The molecule has 0 saturated heterocycles. The normalized spacial score (nSPS) is 10.5. The van der Waals surface area contributed by atoms with Gasteiger partial charge in [-0.05, 0) is 18.2 Å². The standard InChI is InChI=1S/C13H11F2NO3/c1-16(9-2-3-10(14)11(15)6-9)7-8-4-5-19-12(8)13(17)18/h2-6H,7H2,1H3,(H,17,18). The Kier molecular flexibility index (Phi) is 3.50. The minimum Gasteiger partial charge on any atom is -0.475 e. The number of carboxylic acids is 1. The summed E-state index contributed by atoms with van der Waals surface area (Å²) in [5.74, 6) is -3.20. The second-order valence-corrected chi connectivity index (χ2v) is 4.03. The van der Waals surface area contributed by atoms with E-state index in [0.29, 0.717) is 11.3 Å². The van der Waals surface area contributed by atoms with Crippen LogP contribution in [0.15, 0.2) is 34.9 Å². The van der Waals surface area contributed by atoms with Gasteiger partial charge in [-0.2, -0.15) is 0 Å². The van der Waals surface area contributed by atoms with Gasteiger partial charge in [0.2, 0.25) is 5.76 Å². The number of hydrogen-bond acceptors (Lipinski definition) is 3. The number of rotatable bonds is 4. The summed E-state index contributed by atoms with van der Waals surface area (Å²) in [5, 5.41) is 8.90. The number of carboxylic acid groups (broad SMARTS) is 1. The molecule has 6 heteroatoms. The number of aromatic carboxylic acids is 1. The molecule has 0 saturated carbocycles. The van der Waals surface area contributed by atoms with Gasteiger partial charge in [-0.1, -0.05) is 0 Å². The summed E-state index contributed by atoms with van der Waals surface area (Å²) in [6.07, 6.45) is 1.28. The molecule has 0 atom stereocenters. The van der Waals surface area contributed by atoms with Crippen LogP contribution in [-0.2, 0) is 6.54 Å². The van der Waals surface area contributed by atoms with E-state index in [1.54, 1.807) is 11.9 Å². The molecule has 0 amide bonds. The maximum Gasteiger partial charge on any atom is 0.372 e. The summed E-state index contributed by atoms with van der Waals surface area (Å²) in [5.41, 5.74) is 0.899. The molecule has 0 bridgehead atoms. The number of hydrogen-bond donors (Lipinski definition) is 1. The predicted molar refractivity (Wildman–Crippen MR) is 64.1 cm³/mol. The summed E-state index contributed by atoms with van der Waals surface area (Å²) < 4.78 is 30.8. The Hall–Kier alpha value is -2.37. The van der Waals surface area contributed by atoms with Crippen LogP contribution in [0.2, 0.25) is 0 Å². The van der Waals surface area contributed by atoms with Crippen molar-refractivity contribution in [3.05, 3.63) is 53.5 Å². The molecule has 2 aromatic rings. The summed E-state index contributed by atoms with van der Waals surface area (Å²) >= 11 is 0. The van der Waals surface area contributed by atoms with E-state index in [1.807, 2.05) is 0 Å². The van der Waals surface area contributed by atoms with E-state index in [0.717, 1.165) is 12.1 Å².